The van der Waals surface area contributed by atoms with E-state index in [0.29, 0.717) is 6.04 Å². The van der Waals surface area contributed by atoms with Gasteiger partial charge in [-0.1, -0.05) is 29.4 Å². The molecule has 0 radical (unpaired) electrons. The van der Waals surface area contributed by atoms with Crippen LogP contribution in [0.4, 0.5) is 0 Å². The molecule has 0 N–H and O–H groups in total. The van der Waals surface area contributed by atoms with Gasteiger partial charge in [-0.2, -0.15) is 0 Å². The van der Waals surface area contributed by atoms with Crippen LogP contribution in [0.5, 0.6) is 0 Å². The largest absolute Gasteiger partial charge is 0.359 e. The van der Waals surface area contributed by atoms with Gasteiger partial charge in [0.1, 0.15) is 5.69 Å². The predicted molar refractivity (Wildman–Crippen MR) is 88.8 cm³/mol. The first kappa shape index (κ1) is 14.2. The smallest absolute Gasteiger partial charge is 0.151 e. The average Bonchev–Trinajstić information content (AvgIpc) is 3.22. The van der Waals surface area contributed by atoms with E-state index in [2.05, 4.69) is 46.4 Å². The van der Waals surface area contributed by atoms with Gasteiger partial charge in [0.25, 0.3) is 0 Å². The minimum atomic E-state index is 0.530. The fraction of sp³-hybridized carbons (Fsp3) is 0.263. The van der Waals surface area contributed by atoms with E-state index in [1.807, 2.05) is 18.2 Å². The van der Waals surface area contributed by atoms with E-state index < -0.39 is 0 Å². The third kappa shape index (κ3) is 2.90. The van der Waals surface area contributed by atoms with Gasteiger partial charge < -0.3 is 4.52 Å². The van der Waals surface area contributed by atoms with E-state index in [1.54, 1.807) is 12.4 Å². The molecule has 0 spiro atoms. The average molecular weight is 305 g/mol. The molecule has 116 valence electrons. The Labute approximate surface area is 135 Å². The van der Waals surface area contributed by atoms with Crippen molar-refractivity contribution in [3.63, 3.8) is 0 Å². The summed E-state index contributed by atoms with van der Waals surface area (Å²) in [5.41, 5.74) is 4.84. The molecular weight excluding hydrogens is 286 g/mol. The number of fused-ring (bicyclic) bond motifs is 1. The van der Waals surface area contributed by atoms with Crippen molar-refractivity contribution in [3.05, 3.63) is 71.7 Å². The van der Waals surface area contributed by atoms with Crippen LogP contribution in [-0.4, -0.2) is 28.1 Å². The Kier molecular flexibility index (Phi) is 3.67. The molecule has 0 unspecified atom stereocenters. The van der Waals surface area contributed by atoms with E-state index >= 15 is 0 Å². The van der Waals surface area contributed by atoms with E-state index in [0.717, 1.165) is 36.4 Å². The van der Waals surface area contributed by atoms with Gasteiger partial charge in [-0.3, -0.25) is 9.88 Å². The minimum absolute atomic E-state index is 0.530. The fourth-order valence-electron chi connectivity index (χ4n) is 3.27. The normalized spacial score (nSPS) is 14.3. The molecule has 4 rings (SSSR count). The number of benzene rings is 1. The highest BCUT2D eigenvalue weighted by Gasteiger charge is 2.25. The van der Waals surface area contributed by atoms with Crippen molar-refractivity contribution in [2.24, 2.45) is 0 Å². The Morgan fingerprint density at radius 3 is 2.48 bits per heavy atom. The van der Waals surface area contributed by atoms with Crippen LogP contribution in [0.2, 0.25) is 0 Å². The lowest BCUT2D eigenvalue weighted by Crippen LogP contribution is -2.31. The molecule has 3 aromatic rings. The highest BCUT2D eigenvalue weighted by atomic mass is 16.5. The van der Waals surface area contributed by atoms with Gasteiger partial charge in [0.2, 0.25) is 0 Å². The van der Waals surface area contributed by atoms with E-state index in [-0.39, 0.29) is 0 Å². The lowest BCUT2D eigenvalue weighted by molar-refractivity contribution is 0.212. The molecule has 2 aromatic heterocycles. The van der Waals surface area contributed by atoms with Gasteiger partial charge in [-0.25, -0.2) is 0 Å². The molecule has 0 amide bonds. The monoisotopic (exact) mass is 305 g/mol. The zero-order chi connectivity index (χ0) is 15.6. The van der Waals surface area contributed by atoms with Crippen LogP contribution < -0.4 is 0 Å². The molecule has 0 saturated heterocycles. The minimum Gasteiger partial charge on any atom is -0.359 e. The van der Waals surface area contributed by atoms with Crippen molar-refractivity contribution < 1.29 is 4.52 Å². The molecule has 2 heterocycles. The van der Waals surface area contributed by atoms with E-state index in [4.69, 9.17) is 4.52 Å². The molecule has 1 aliphatic carbocycles. The third-order valence-corrected chi connectivity index (χ3v) is 4.59. The van der Waals surface area contributed by atoms with Crippen molar-refractivity contribution in [1.29, 1.82) is 0 Å². The first-order chi connectivity index (χ1) is 11.3. The lowest BCUT2D eigenvalue weighted by Gasteiger charge is -2.22. The van der Waals surface area contributed by atoms with Crippen LogP contribution in [0.1, 0.15) is 16.9 Å². The van der Waals surface area contributed by atoms with Crippen molar-refractivity contribution >= 4 is 0 Å². The maximum Gasteiger partial charge on any atom is 0.151 e. The van der Waals surface area contributed by atoms with Gasteiger partial charge in [0.15, 0.2) is 5.76 Å². The molecule has 4 nitrogen and oxygen atoms in total. The van der Waals surface area contributed by atoms with Crippen molar-refractivity contribution in [1.82, 2.24) is 15.0 Å². The standard InChI is InChI=1S/C19H19N3O/c1-22(17-10-15-4-2-3-5-16(15)11-17)13-18-12-19(21-23-18)14-6-8-20-9-7-14/h2-9,12,17H,10-11,13H2,1H3. The maximum atomic E-state index is 5.51. The van der Waals surface area contributed by atoms with Gasteiger partial charge in [-0.05, 0) is 43.1 Å². The predicted octanol–water partition coefficient (Wildman–Crippen LogP) is 3.34. The van der Waals surface area contributed by atoms with Gasteiger partial charge in [-0.15, -0.1) is 0 Å². The van der Waals surface area contributed by atoms with Crippen LogP contribution in [0.25, 0.3) is 11.3 Å². The molecule has 23 heavy (non-hydrogen) atoms. The van der Waals surface area contributed by atoms with Crippen LogP contribution in [0, 0.1) is 0 Å². The van der Waals surface area contributed by atoms with Crippen LogP contribution in [0.3, 0.4) is 0 Å². The molecule has 0 atom stereocenters. The number of hydrogen-bond donors (Lipinski definition) is 0. The third-order valence-electron chi connectivity index (χ3n) is 4.59. The SMILES string of the molecule is CN(Cc1cc(-c2ccncc2)no1)C1Cc2ccccc2C1. The summed E-state index contributed by atoms with van der Waals surface area (Å²) in [4.78, 5) is 6.39. The zero-order valence-corrected chi connectivity index (χ0v) is 13.1. The molecule has 0 aliphatic heterocycles. The Hall–Kier alpha value is -2.46. The summed E-state index contributed by atoms with van der Waals surface area (Å²) in [7, 11) is 2.16. The lowest BCUT2D eigenvalue weighted by atomic mass is 10.1. The molecular formula is C19H19N3O. The van der Waals surface area contributed by atoms with Crippen LogP contribution in [0.15, 0.2) is 59.4 Å². The Morgan fingerprint density at radius 1 is 1.09 bits per heavy atom. The number of pyridine rings is 1. The van der Waals surface area contributed by atoms with Gasteiger partial charge >= 0.3 is 0 Å². The summed E-state index contributed by atoms with van der Waals surface area (Å²) in [5.74, 6) is 0.898. The van der Waals surface area contributed by atoms with Crippen molar-refractivity contribution in [3.8, 4) is 11.3 Å². The number of nitrogens with zero attached hydrogens (tertiary/aromatic N) is 3. The number of aromatic nitrogens is 2. The van der Waals surface area contributed by atoms with Crippen molar-refractivity contribution in [2.75, 3.05) is 7.05 Å². The van der Waals surface area contributed by atoms with Gasteiger partial charge in [0.05, 0.1) is 6.54 Å². The molecule has 0 saturated carbocycles. The Bertz CT molecular complexity index is 772. The Morgan fingerprint density at radius 2 is 1.78 bits per heavy atom. The first-order valence-electron chi connectivity index (χ1n) is 7.92. The highest BCUT2D eigenvalue weighted by Crippen LogP contribution is 2.26. The zero-order valence-electron chi connectivity index (χ0n) is 13.1. The second-order valence-corrected chi connectivity index (χ2v) is 6.16. The topological polar surface area (TPSA) is 42.2 Å². The van der Waals surface area contributed by atoms with E-state index in [9.17, 15) is 0 Å². The van der Waals surface area contributed by atoms with E-state index in [1.165, 1.54) is 11.1 Å². The summed E-state index contributed by atoms with van der Waals surface area (Å²) in [6, 6.07) is 15.2. The summed E-state index contributed by atoms with van der Waals surface area (Å²) in [6.45, 7) is 0.775. The molecule has 0 bridgehead atoms. The second-order valence-electron chi connectivity index (χ2n) is 6.16. The Balaban J connectivity index is 1.44. The summed E-state index contributed by atoms with van der Waals surface area (Å²) >= 11 is 0. The molecule has 1 aliphatic rings. The quantitative estimate of drug-likeness (QED) is 0.741. The number of rotatable bonds is 4. The number of likely N-dealkylation sites (N-methyl/N-ethyl adjacent to an activating group) is 1. The molecule has 4 heteroatoms. The summed E-state index contributed by atoms with van der Waals surface area (Å²) < 4.78 is 5.51. The maximum absolute atomic E-state index is 5.51. The summed E-state index contributed by atoms with van der Waals surface area (Å²) in [6.07, 6.45) is 5.76. The molecule has 0 fully saturated rings. The highest BCUT2D eigenvalue weighted by molar-refractivity contribution is 5.57. The summed E-state index contributed by atoms with van der Waals surface area (Å²) in [5, 5.41) is 4.18. The van der Waals surface area contributed by atoms with Crippen molar-refractivity contribution in [2.45, 2.75) is 25.4 Å². The second kappa shape index (κ2) is 5.97. The molecule has 1 aromatic carbocycles. The van der Waals surface area contributed by atoms with Gasteiger partial charge in [0, 0.05) is 30.1 Å². The van der Waals surface area contributed by atoms with Crippen LogP contribution >= 0.6 is 0 Å². The number of hydrogen-bond acceptors (Lipinski definition) is 4. The first-order valence-corrected chi connectivity index (χ1v) is 7.92. The fourth-order valence-corrected chi connectivity index (χ4v) is 3.27. The van der Waals surface area contributed by atoms with Crippen LogP contribution in [-0.2, 0) is 19.4 Å².